The number of carbonyl (C=O) groups is 2. The molecule has 2 amide bonds. The van der Waals surface area contributed by atoms with Crippen LogP contribution in [-0.4, -0.2) is 72.2 Å². The zero-order valence-electron chi connectivity index (χ0n) is 14.9. The molecule has 3 saturated carbocycles. The second-order valence-electron chi connectivity index (χ2n) is 8.74. The van der Waals surface area contributed by atoms with E-state index in [1.54, 1.807) is 0 Å². The molecule has 2 saturated heterocycles. The Labute approximate surface area is 148 Å². The van der Waals surface area contributed by atoms with E-state index in [1.165, 1.54) is 0 Å². The van der Waals surface area contributed by atoms with E-state index in [2.05, 4.69) is 9.80 Å². The van der Waals surface area contributed by atoms with Gasteiger partial charge in [-0.3, -0.25) is 9.59 Å². The summed E-state index contributed by atoms with van der Waals surface area (Å²) in [6.07, 6.45) is 6.75. The Morgan fingerprint density at radius 3 is 1.60 bits per heavy atom. The number of hydrogen-bond acceptors (Lipinski definition) is 4. The number of hydrogen-bond donors (Lipinski definition) is 0. The summed E-state index contributed by atoms with van der Waals surface area (Å²) >= 11 is 0. The molecule has 0 aromatic rings. The van der Waals surface area contributed by atoms with Gasteiger partial charge in [-0.2, -0.15) is 0 Å². The summed E-state index contributed by atoms with van der Waals surface area (Å²) in [7, 11) is 0. The van der Waals surface area contributed by atoms with Crippen molar-refractivity contribution >= 4 is 11.8 Å². The maximum absolute atomic E-state index is 13.1. The zero-order chi connectivity index (χ0) is 17.1. The number of carbonyl (C=O) groups excluding carboxylic acids is 2. The summed E-state index contributed by atoms with van der Waals surface area (Å²) in [5, 5.41) is 0. The van der Waals surface area contributed by atoms with Crippen LogP contribution in [0.2, 0.25) is 0 Å². The smallest absolute Gasteiger partial charge is 0.226 e. The van der Waals surface area contributed by atoms with Crippen LogP contribution in [0.4, 0.5) is 0 Å². The van der Waals surface area contributed by atoms with Gasteiger partial charge in [0.15, 0.2) is 0 Å². The lowest BCUT2D eigenvalue weighted by atomic mass is 9.99. The molecule has 0 aromatic carbocycles. The third-order valence-electron chi connectivity index (χ3n) is 7.12. The molecule has 0 N–H and O–H groups in total. The molecule has 6 nitrogen and oxygen atoms in total. The fourth-order valence-electron chi connectivity index (χ4n) is 5.14. The molecule has 0 aromatic heterocycles. The van der Waals surface area contributed by atoms with Gasteiger partial charge in [0.25, 0.3) is 0 Å². The third kappa shape index (κ3) is 2.60. The van der Waals surface area contributed by atoms with Crippen molar-refractivity contribution in [3.8, 4) is 0 Å². The highest BCUT2D eigenvalue weighted by Crippen LogP contribution is 2.47. The topological polar surface area (TPSA) is 59.1 Å². The molecule has 5 fully saturated rings. The number of rotatable bonds is 2. The minimum Gasteiger partial charge on any atom is -0.377 e. The van der Waals surface area contributed by atoms with Crippen molar-refractivity contribution in [1.29, 1.82) is 0 Å². The molecule has 2 heterocycles. The van der Waals surface area contributed by atoms with Gasteiger partial charge in [0.05, 0.1) is 37.5 Å². The lowest BCUT2D eigenvalue weighted by Crippen LogP contribution is -2.53. The molecule has 0 unspecified atom stereocenters. The first-order valence-corrected chi connectivity index (χ1v) is 9.92. The van der Waals surface area contributed by atoms with E-state index < -0.39 is 0 Å². The molecule has 2 atom stereocenters. The molecule has 2 spiro atoms. The number of nitrogens with zero attached hydrogens (tertiary/aromatic N) is 2. The summed E-state index contributed by atoms with van der Waals surface area (Å²) in [6.45, 7) is 4.15. The minimum absolute atomic E-state index is 0.000289. The number of ether oxygens (including phenoxy) is 2. The van der Waals surface area contributed by atoms with Gasteiger partial charge in [-0.05, 0) is 44.9 Å². The molecular weight excluding hydrogens is 320 g/mol. The molecule has 0 radical (unpaired) electrons. The second-order valence-corrected chi connectivity index (χ2v) is 8.74. The minimum atomic E-state index is -0.000289. The third-order valence-corrected chi connectivity index (χ3v) is 7.12. The number of morpholine rings is 2. The van der Waals surface area contributed by atoms with Gasteiger partial charge >= 0.3 is 0 Å². The average Bonchev–Trinajstić information content (AvgIpc) is 3.53. The second kappa shape index (κ2) is 5.68. The largest absolute Gasteiger partial charge is 0.377 e. The van der Waals surface area contributed by atoms with Crippen molar-refractivity contribution in [3.05, 3.63) is 0 Å². The summed E-state index contributed by atoms with van der Waals surface area (Å²) in [4.78, 5) is 30.3. The van der Waals surface area contributed by atoms with Gasteiger partial charge < -0.3 is 19.3 Å². The molecule has 3 aliphatic carbocycles. The van der Waals surface area contributed by atoms with Crippen molar-refractivity contribution in [3.63, 3.8) is 0 Å². The fourth-order valence-corrected chi connectivity index (χ4v) is 5.14. The first-order chi connectivity index (χ1) is 12.1. The van der Waals surface area contributed by atoms with E-state index in [-0.39, 0.29) is 34.7 Å². The van der Waals surface area contributed by atoms with Gasteiger partial charge in [0, 0.05) is 24.9 Å². The van der Waals surface area contributed by atoms with Crippen LogP contribution in [0, 0.1) is 11.8 Å². The van der Waals surface area contributed by atoms with Gasteiger partial charge in [-0.1, -0.05) is 0 Å². The van der Waals surface area contributed by atoms with Gasteiger partial charge in [0.1, 0.15) is 0 Å². The van der Waals surface area contributed by atoms with Crippen LogP contribution in [-0.2, 0) is 19.1 Å². The quantitative estimate of drug-likeness (QED) is 0.752. The molecule has 2 aliphatic heterocycles. The Bertz CT molecular complexity index is 534. The standard InChI is InChI=1S/C19H28N2O4/c22-16(20-7-9-24-12-18(20)3-4-18)14-1-2-15(11-14)17(23)21-8-10-25-13-19(21)5-6-19/h14-15H,1-13H2/t14-,15+. The molecule has 25 heavy (non-hydrogen) atoms. The normalized spacial score (nSPS) is 35.2. The van der Waals surface area contributed by atoms with E-state index in [1.807, 2.05) is 0 Å². The molecule has 5 aliphatic rings. The van der Waals surface area contributed by atoms with E-state index in [0.717, 1.165) is 58.0 Å². The predicted molar refractivity (Wildman–Crippen MR) is 89.8 cm³/mol. The van der Waals surface area contributed by atoms with E-state index in [4.69, 9.17) is 9.47 Å². The zero-order valence-corrected chi connectivity index (χ0v) is 14.9. The number of amides is 2. The highest BCUT2D eigenvalue weighted by molar-refractivity contribution is 5.84. The summed E-state index contributed by atoms with van der Waals surface area (Å²) in [5.41, 5.74) is -0.000578. The van der Waals surface area contributed by atoms with Crippen LogP contribution in [0.5, 0.6) is 0 Å². The van der Waals surface area contributed by atoms with Crippen LogP contribution in [0.1, 0.15) is 44.9 Å². The van der Waals surface area contributed by atoms with Crippen molar-refractivity contribution in [2.24, 2.45) is 11.8 Å². The van der Waals surface area contributed by atoms with Crippen LogP contribution in [0.3, 0.4) is 0 Å². The molecule has 5 rings (SSSR count). The Kier molecular flexibility index (Phi) is 3.65. The van der Waals surface area contributed by atoms with Crippen LogP contribution in [0.25, 0.3) is 0 Å². The van der Waals surface area contributed by atoms with Crippen molar-refractivity contribution in [2.45, 2.75) is 56.0 Å². The highest BCUT2D eigenvalue weighted by atomic mass is 16.5. The molecule has 138 valence electrons. The Hall–Kier alpha value is -1.14. The Morgan fingerprint density at radius 2 is 1.20 bits per heavy atom. The Morgan fingerprint density at radius 1 is 0.760 bits per heavy atom. The lowest BCUT2D eigenvalue weighted by Gasteiger charge is -2.38. The fraction of sp³-hybridized carbons (Fsp3) is 0.895. The van der Waals surface area contributed by atoms with Crippen molar-refractivity contribution < 1.29 is 19.1 Å². The first-order valence-electron chi connectivity index (χ1n) is 9.92. The predicted octanol–water partition coefficient (Wildman–Crippen LogP) is 1.19. The summed E-state index contributed by atoms with van der Waals surface area (Å²) in [5.74, 6) is 0.611. The van der Waals surface area contributed by atoms with Gasteiger partial charge in [-0.15, -0.1) is 0 Å². The van der Waals surface area contributed by atoms with Gasteiger partial charge in [-0.25, -0.2) is 0 Å². The van der Waals surface area contributed by atoms with Crippen molar-refractivity contribution in [2.75, 3.05) is 39.5 Å². The molecular formula is C19H28N2O4. The SMILES string of the molecule is O=C([C@@H]1CC[C@H](C(=O)N2CCOCC23CC3)C1)N1CCOCC12CC2. The van der Waals surface area contributed by atoms with E-state index in [0.29, 0.717) is 26.4 Å². The van der Waals surface area contributed by atoms with E-state index >= 15 is 0 Å². The monoisotopic (exact) mass is 348 g/mol. The molecule has 6 heteroatoms. The Balaban J connectivity index is 1.24. The average molecular weight is 348 g/mol. The van der Waals surface area contributed by atoms with Crippen LogP contribution in [0.15, 0.2) is 0 Å². The van der Waals surface area contributed by atoms with Crippen LogP contribution >= 0.6 is 0 Å². The lowest BCUT2D eigenvalue weighted by molar-refractivity contribution is -0.147. The summed E-state index contributed by atoms with van der Waals surface area (Å²) < 4.78 is 11.2. The molecule has 0 bridgehead atoms. The summed E-state index contributed by atoms with van der Waals surface area (Å²) in [6, 6.07) is 0. The highest BCUT2D eigenvalue weighted by Gasteiger charge is 2.55. The first kappa shape index (κ1) is 16.1. The maximum Gasteiger partial charge on any atom is 0.226 e. The van der Waals surface area contributed by atoms with E-state index in [9.17, 15) is 9.59 Å². The van der Waals surface area contributed by atoms with Crippen molar-refractivity contribution in [1.82, 2.24) is 9.80 Å². The van der Waals surface area contributed by atoms with Crippen LogP contribution < -0.4 is 0 Å². The van der Waals surface area contributed by atoms with Gasteiger partial charge in [0.2, 0.25) is 11.8 Å². The maximum atomic E-state index is 13.1.